The standard InChI is InChI=1S/C21H23ClN4O/c1-14-20(22)15(2)26(24-14)18-10-8-17(9-11-18)21(27)23-13-16-6-5-7-19(12-16)25(3)4/h5-12H,13H2,1-4H3,(H,23,27). The number of carbonyl (C=O) groups excluding carboxylic acids is 1. The maximum atomic E-state index is 12.4. The monoisotopic (exact) mass is 382 g/mol. The third kappa shape index (κ3) is 4.14. The van der Waals surface area contributed by atoms with Crippen molar-refractivity contribution in [3.05, 3.63) is 76.1 Å². The molecule has 27 heavy (non-hydrogen) atoms. The van der Waals surface area contributed by atoms with Crippen LogP contribution in [-0.4, -0.2) is 29.8 Å². The number of nitrogens with zero attached hydrogens (tertiary/aromatic N) is 3. The van der Waals surface area contributed by atoms with Gasteiger partial charge in [0.1, 0.15) is 0 Å². The van der Waals surface area contributed by atoms with Crippen LogP contribution in [0.15, 0.2) is 48.5 Å². The number of aromatic nitrogens is 2. The van der Waals surface area contributed by atoms with E-state index in [0.717, 1.165) is 28.3 Å². The van der Waals surface area contributed by atoms with Crippen LogP contribution in [0.3, 0.4) is 0 Å². The summed E-state index contributed by atoms with van der Waals surface area (Å²) < 4.78 is 1.78. The van der Waals surface area contributed by atoms with E-state index < -0.39 is 0 Å². The zero-order valence-electron chi connectivity index (χ0n) is 16.0. The SMILES string of the molecule is Cc1nn(-c2ccc(C(=O)NCc3cccc(N(C)C)c3)cc2)c(C)c1Cl. The molecule has 0 aliphatic rings. The van der Waals surface area contributed by atoms with E-state index >= 15 is 0 Å². The molecule has 0 aliphatic heterocycles. The molecular weight excluding hydrogens is 360 g/mol. The third-order valence-electron chi connectivity index (χ3n) is 4.46. The second-order valence-corrected chi connectivity index (χ2v) is 7.07. The van der Waals surface area contributed by atoms with E-state index in [9.17, 15) is 4.79 Å². The number of benzene rings is 2. The fourth-order valence-electron chi connectivity index (χ4n) is 2.86. The Balaban J connectivity index is 1.69. The molecule has 3 rings (SSSR count). The topological polar surface area (TPSA) is 50.2 Å². The van der Waals surface area contributed by atoms with Gasteiger partial charge in [-0.05, 0) is 55.8 Å². The van der Waals surface area contributed by atoms with Crippen molar-refractivity contribution in [1.82, 2.24) is 15.1 Å². The average molecular weight is 383 g/mol. The van der Waals surface area contributed by atoms with E-state index in [0.29, 0.717) is 17.1 Å². The van der Waals surface area contributed by atoms with Crippen LogP contribution in [0.4, 0.5) is 5.69 Å². The van der Waals surface area contributed by atoms with E-state index in [1.54, 1.807) is 16.8 Å². The Morgan fingerprint density at radius 2 is 1.85 bits per heavy atom. The molecule has 5 nitrogen and oxygen atoms in total. The summed E-state index contributed by atoms with van der Waals surface area (Å²) in [5, 5.41) is 8.06. The van der Waals surface area contributed by atoms with Crippen molar-refractivity contribution >= 4 is 23.2 Å². The normalized spacial score (nSPS) is 10.7. The highest BCUT2D eigenvalue weighted by molar-refractivity contribution is 6.31. The van der Waals surface area contributed by atoms with Crippen molar-refractivity contribution in [2.75, 3.05) is 19.0 Å². The highest BCUT2D eigenvalue weighted by Crippen LogP contribution is 2.22. The zero-order valence-corrected chi connectivity index (χ0v) is 16.7. The molecule has 3 aromatic rings. The van der Waals surface area contributed by atoms with Gasteiger partial charge in [-0.1, -0.05) is 23.7 Å². The number of carbonyl (C=O) groups is 1. The molecule has 0 saturated heterocycles. The van der Waals surface area contributed by atoms with Crippen molar-refractivity contribution < 1.29 is 4.79 Å². The summed E-state index contributed by atoms with van der Waals surface area (Å²) in [7, 11) is 3.99. The molecule has 1 N–H and O–H groups in total. The number of anilines is 1. The minimum absolute atomic E-state index is 0.108. The second kappa shape index (κ2) is 7.84. The first kappa shape index (κ1) is 19.0. The van der Waals surface area contributed by atoms with Crippen LogP contribution in [0.25, 0.3) is 5.69 Å². The van der Waals surface area contributed by atoms with Crippen molar-refractivity contribution in [3.8, 4) is 5.69 Å². The number of hydrogen-bond donors (Lipinski definition) is 1. The summed E-state index contributed by atoms with van der Waals surface area (Å²) >= 11 is 6.21. The van der Waals surface area contributed by atoms with Gasteiger partial charge >= 0.3 is 0 Å². The van der Waals surface area contributed by atoms with Gasteiger partial charge in [-0.15, -0.1) is 0 Å². The van der Waals surface area contributed by atoms with Crippen LogP contribution in [0.1, 0.15) is 27.3 Å². The molecule has 6 heteroatoms. The van der Waals surface area contributed by atoms with Crippen molar-refractivity contribution in [2.24, 2.45) is 0 Å². The van der Waals surface area contributed by atoms with Crippen molar-refractivity contribution in [1.29, 1.82) is 0 Å². The van der Waals surface area contributed by atoms with E-state index in [1.165, 1.54) is 0 Å². The molecule has 0 aliphatic carbocycles. The fraction of sp³-hybridized carbons (Fsp3) is 0.238. The van der Waals surface area contributed by atoms with Gasteiger partial charge in [0, 0.05) is 31.9 Å². The number of hydrogen-bond acceptors (Lipinski definition) is 3. The zero-order chi connectivity index (χ0) is 19.6. The molecule has 0 unspecified atom stereocenters. The number of nitrogens with one attached hydrogen (secondary N) is 1. The predicted molar refractivity (Wildman–Crippen MR) is 110 cm³/mol. The van der Waals surface area contributed by atoms with Crippen LogP contribution >= 0.6 is 11.6 Å². The Morgan fingerprint density at radius 3 is 2.44 bits per heavy atom. The number of amides is 1. The molecule has 0 spiro atoms. The highest BCUT2D eigenvalue weighted by Gasteiger charge is 2.12. The lowest BCUT2D eigenvalue weighted by Gasteiger charge is -2.14. The fourth-order valence-corrected chi connectivity index (χ4v) is 2.98. The maximum Gasteiger partial charge on any atom is 0.251 e. The Kier molecular flexibility index (Phi) is 5.51. The Bertz CT molecular complexity index is 961. The highest BCUT2D eigenvalue weighted by atomic mass is 35.5. The maximum absolute atomic E-state index is 12.4. The molecule has 1 aromatic heterocycles. The second-order valence-electron chi connectivity index (χ2n) is 6.69. The summed E-state index contributed by atoms with van der Waals surface area (Å²) in [5.74, 6) is -0.108. The minimum Gasteiger partial charge on any atom is -0.378 e. The Morgan fingerprint density at radius 1 is 1.15 bits per heavy atom. The van der Waals surface area contributed by atoms with E-state index in [1.807, 2.05) is 63.2 Å². The molecule has 0 bridgehead atoms. The molecule has 0 fully saturated rings. The largest absolute Gasteiger partial charge is 0.378 e. The van der Waals surface area contributed by atoms with Gasteiger partial charge in [0.15, 0.2) is 0 Å². The summed E-state index contributed by atoms with van der Waals surface area (Å²) in [5.41, 5.74) is 5.31. The van der Waals surface area contributed by atoms with Crippen LogP contribution in [0.2, 0.25) is 5.02 Å². The van der Waals surface area contributed by atoms with E-state index in [4.69, 9.17) is 11.6 Å². The molecule has 0 saturated carbocycles. The van der Waals surface area contributed by atoms with Gasteiger partial charge in [0.25, 0.3) is 5.91 Å². The van der Waals surface area contributed by atoms with Crippen molar-refractivity contribution in [2.45, 2.75) is 20.4 Å². The Hall–Kier alpha value is -2.79. The quantitative estimate of drug-likeness (QED) is 0.721. The molecule has 140 valence electrons. The minimum atomic E-state index is -0.108. The lowest BCUT2D eigenvalue weighted by Crippen LogP contribution is -2.23. The van der Waals surface area contributed by atoms with Crippen LogP contribution < -0.4 is 10.2 Å². The first-order valence-corrected chi connectivity index (χ1v) is 9.11. The first-order chi connectivity index (χ1) is 12.9. The molecule has 2 aromatic carbocycles. The van der Waals surface area contributed by atoms with Gasteiger partial charge < -0.3 is 10.2 Å². The number of aryl methyl sites for hydroxylation is 1. The Labute approximate surface area is 164 Å². The van der Waals surface area contributed by atoms with Gasteiger partial charge in [0.2, 0.25) is 0 Å². The lowest BCUT2D eigenvalue weighted by molar-refractivity contribution is 0.0951. The van der Waals surface area contributed by atoms with Gasteiger partial charge in [-0.3, -0.25) is 4.79 Å². The van der Waals surface area contributed by atoms with Crippen LogP contribution in [0, 0.1) is 13.8 Å². The molecule has 1 amide bonds. The van der Waals surface area contributed by atoms with Gasteiger partial charge in [-0.2, -0.15) is 5.10 Å². The lowest BCUT2D eigenvalue weighted by atomic mass is 10.1. The van der Waals surface area contributed by atoms with Gasteiger partial charge in [0.05, 0.1) is 22.1 Å². The molecule has 1 heterocycles. The summed E-state index contributed by atoms with van der Waals surface area (Å²) in [6.07, 6.45) is 0. The first-order valence-electron chi connectivity index (χ1n) is 8.73. The van der Waals surface area contributed by atoms with Crippen LogP contribution in [0.5, 0.6) is 0 Å². The summed E-state index contributed by atoms with van der Waals surface area (Å²) in [6.45, 7) is 4.28. The predicted octanol–water partition coefficient (Wildman–Crippen LogP) is 4.14. The molecular formula is C21H23ClN4O. The van der Waals surface area contributed by atoms with Gasteiger partial charge in [-0.25, -0.2) is 4.68 Å². The third-order valence-corrected chi connectivity index (χ3v) is 5.00. The van der Waals surface area contributed by atoms with E-state index in [2.05, 4.69) is 16.5 Å². The number of rotatable bonds is 5. The average Bonchev–Trinajstić information content (AvgIpc) is 2.94. The molecule has 0 atom stereocenters. The van der Waals surface area contributed by atoms with E-state index in [-0.39, 0.29) is 5.91 Å². The molecule has 0 radical (unpaired) electrons. The van der Waals surface area contributed by atoms with Crippen LogP contribution in [-0.2, 0) is 6.54 Å². The summed E-state index contributed by atoms with van der Waals surface area (Å²) in [4.78, 5) is 14.5. The number of halogens is 1. The summed E-state index contributed by atoms with van der Waals surface area (Å²) in [6, 6.07) is 15.4. The smallest absolute Gasteiger partial charge is 0.251 e. The van der Waals surface area contributed by atoms with Crippen molar-refractivity contribution in [3.63, 3.8) is 0 Å².